The van der Waals surface area contributed by atoms with Gasteiger partial charge in [0.25, 0.3) is 0 Å². The normalized spacial score (nSPS) is 14.8. The summed E-state index contributed by atoms with van der Waals surface area (Å²) in [5.74, 6) is 1.46. The van der Waals surface area contributed by atoms with E-state index in [1.165, 1.54) is 49.0 Å². The first-order valence-corrected chi connectivity index (χ1v) is 11.4. The minimum atomic E-state index is 0.0621. The number of anilines is 1. The van der Waals surface area contributed by atoms with E-state index in [1.54, 1.807) is 4.68 Å². The first-order chi connectivity index (χ1) is 14.1. The zero-order chi connectivity index (χ0) is 20.2. The lowest BCUT2D eigenvalue weighted by Gasteiger charge is -2.20. The monoisotopic (exact) mass is 408 g/mol. The van der Waals surface area contributed by atoms with E-state index in [2.05, 4.69) is 41.6 Å². The van der Waals surface area contributed by atoms with Gasteiger partial charge in [0.05, 0.1) is 11.4 Å². The molecular weight excluding hydrogens is 380 g/mol. The Morgan fingerprint density at radius 1 is 1.17 bits per heavy atom. The lowest BCUT2D eigenvalue weighted by Crippen LogP contribution is -2.17. The van der Waals surface area contributed by atoms with Gasteiger partial charge in [-0.05, 0) is 26.2 Å². The Labute approximate surface area is 176 Å². The average Bonchev–Trinajstić information content (AvgIpc) is 3.34. The van der Waals surface area contributed by atoms with Crippen LogP contribution in [0, 0.1) is 19.8 Å². The number of rotatable bonds is 6. The summed E-state index contributed by atoms with van der Waals surface area (Å²) in [5, 5.41) is 10.4. The van der Waals surface area contributed by atoms with Crippen molar-refractivity contribution in [1.29, 1.82) is 0 Å². The van der Waals surface area contributed by atoms with Gasteiger partial charge in [0.2, 0.25) is 11.0 Å². The van der Waals surface area contributed by atoms with Gasteiger partial charge in [-0.25, -0.2) is 4.98 Å². The second kappa shape index (κ2) is 8.91. The molecule has 1 aromatic carbocycles. The van der Waals surface area contributed by atoms with E-state index in [-0.39, 0.29) is 5.91 Å². The zero-order valence-corrected chi connectivity index (χ0v) is 18.0. The minimum absolute atomic E-state index is 0.0621. The summed E-state index contributed by atoms with van der Waals surface area (Å²) in [6.07, 6.45) is 8.06. The molecule has 1 aliphatic rings. The standard InChI is InChI=1S/C23H28N4OS/c1-16-8-11-19(12-9-16)20-15-29-23(24-20)27-21(14-17(2)26-27)25-22(28)13-10-18-6-4-3-5-7-18/h8-9,11-12,14-15,18H,3-7,10,13H2,1-2H3,(H,25,28). The maximum atomic E-state index is 12.5. The van der Waals surface area contributed by atoms with Crippen molar-refractivity contribution >= 4 is 23.1 Å². The highest BCUT2D eigenvalue weighted by Gasteiger charge is 2.17. The van der Waals surface area contributed by atoms with Gasteiger partial charge in [0.1, 0.15) is 5.82 Å². The van der Waals surface area contributed by atoms with Crippen LogP contribution in [0.1, 0.15) is 56.2 Å². The van der Waals surface area contributed by atoms with E-state index in [9.17, 15) is 4.79 Å². The fourth-order valence-electron chi connectivity index (χ4n) is 3.97. The van der Waals surface area contributed by atoms with E-state index in [4.69, 9.17) is 4.98 Å². The molecule has 0 radical (unpaired) electrons. The van der Waals surface area contributed by atoms with Crippen molar-refractivity contribution in [2.24, 2.45) is 5.92 Å². The number of nitrogens with one attached hydrogen (secondary N) is 1. The van der Waals surface area contributed by atoms with Gasteiger partial charge in [0, 0.05) is 23.4 Å². The van der Waals surface area contributed by atoms with E-state index in [1.807, 2.05) is 18.4 Å². The van der Waals surface area contributed by atoms with Crippen LogP contribution in [-0.4, -0.2) is 20.7 Å². The molecule has 0 atom stereocenters. The zero-order valence-electron chi connectivity index (χ0n) is 17.1. The Bertz CT molecular complexity index is 967. The van der Waals surface area contributed by atoms with E-state index < -0.39 is 0 Å². The van der Waals surface area contributed by atoms with Crippen molar-refractivity contribution in [3.8, 4) is 16.4 Å². The molecule has 1 saturated carbocycles. The van der Waals surface area contributed by atoms with Crippen LogP contribution in [0.4, 0.5) is 5.82 Å². The van der Waals surface area contributed by atoms with Crippen LogP contribution in [0.25, 0.3) is 16.4 Å². The number of carbonyl (C=O) groups excluding carboxylic acids is 1. The highest BCUT2D eigenvalue weighted by molar-refractivity contribution is 7.12. The van der Waals surface area contributed by atoms with E-state index in [0.717, 1.165) is 28.5 Å². The van der Waals surface area contributed by atoms with Crippen molar-refractivity contribution in [1.82, 2.24) is 14.8 Å². The summed E-state index contributed by atoms with van der Waals surface area (Å²) in [7, 11) is 0. The molecule has 3 aromatic rings. The molecular formula is C23H28N4OS. The smallest absolute Gasteiger partial charge is 0.225 e. The molecule has 2 aromatic heterocycles. The Kier molecular flexibility index (Phi) is 6.09. The first-order valence-electron chi connectivity index (χ1n) is 10.5. The quantitative estimate of drug-likeness (QED) is 0.551. The lowest BCUT2D eigenvalue weighted by atomic mass is 9.86. The molecule has 0 unspecified atom stereocenters. The summed E-state index contributed by atoms with van der Waals surface area (Å²) < 4.78 is 1.75. The Morgan fingerprint density at radius 2 is 1.93 bits per heavy atom. The molecule has 0 spiro atoms. The Morgan fingerprint density at radius 3 is 2.69 bits per heavy atom. The van der Waals surface area contributed by atoms with Gasteiger partial charge in [-0.15, -0.1) is 11.3 Å². The van der Waals surface area contributed by atoms with Crippen LogP contribution in [0.2, 0.25) is 0 Å². The summed E-state index contributed by atoms with van der Waals surface area (Å²) in [5.41, 5.74) is 4.09. The van der Waals surface area contributed by atoms with Gasteiger partial charge in [-0.3, -0.25) is 4.79 Å². The van der Waals surface area contributed by atoms with Crippen LogP contribution in [-0.2, 0) is 4.79 Å². The highest BCUT2D eigenvalue weighted by Crippen LogP contribution is 2.28. The van der Waals surface area contributed by atoms with E-state index >= 15 is 0 Å². The predicted octanol–water partition coefficient (Wildman–Crippen LogP) is 5.91. The maximum absolute atomic E-state index is 12.5. The fraction of sp³-hybridized carbons (Fsp3) is 0.435. The second-order valence-electron chi connectivity index (χ2n) is 8.05. The van der Waals surface area contributed by atoms with Gasteiger partial charge in [-0.1, -0.05) is 61.9 Å². The summed E-state index contributed by atoms with van der Waals surface area (Å²) in [4.78, 5) is 17.3. The predicted molar refractivity (Wildman–Crippen MR) is 119 cm³/mol. The molecule has 29 heavy (non-hydrogen) atoms. The lowest BCUT2D eigenvalue weighted by molar-refractivity contribution is -0.116. The van der Waals surface area contributed by atoms with Crippen LogP contribution in [0.5, 0.6) is 0 Å². The third kappa shape index (κ3) is 4.93. The molecule has 152 valence electrons. The van der Waals surface area contributed by atoms with Gasteiger partial charge in [0.15, 0.2) is 0 Å². The van der Waals surface area contributed by atoms with Crippen molar-refractivity contribution in [2.45, 2.75) is 58.8 Å². The molecule has 5 nitrogen and oxygen atoms in total. The van der Waals surface area contributed by atoms with Crippen molar-refractivity contribution < 1.29 is 4.79 Å². The van der Waals surface area contributed by atoms with Gasteiger partial charge >= 0.3 is 0 Å². The molecule has 0 aliphatic heterocycles. The Balaban J connectivity index is 1.45. The molecule has 4 rings (SSSR count). The number of benzene rings is 1. The summed E-state index contributed by atoms with van der Waals surface area (Å²) in [6.45, 7) is 4.01. The molecule has 6 heteroatoms. The maximum Gasteiger partial charge on any atom is 0.225 e. The summed E-state index contributed by atoms with van der Waals surface area (Å²) >= 11 is 1.53. The van der Waals surface area contributed by atoms with Crippen LogP contribution in [0.3, 0.4) is 0 Å². The van der Waals surface area contributed by atoms with Crippen molar-refractivity contribution in [2.75, 3.05) is 5.32 Å². The van der Waals surface area contributed by atoms with Crippen LogP contribution < -0.4 is 5.32 Å². The Hall–Kier alpha value is -2.47. The molecule has 1 N–H and O–H groups in total. The number of aryl methyl sites for hydroxylation is 2. The largest absolute Gasteiger partial charge is 0.311 e. The molecule has 0 saturated heterocycles. The SMILES string of the molecule is Cc1ccc(-c2csc(-n3nc(C)cc3NC(=O)CCC3CCCCC3)n2)cc1. The first kappa shape index (κ1) is 19.8. The molecule has 0 bridgehead atoms. The molecule has 2 heterocycles. The molecule has 1 amide bonds. The van der Waals surface area contributed by atoms with Crippen LogP contribution >= 0.6 is 11.3 Å². The van der Waals surface area contributed by atoms with Gasteiger partial charge in [-0.2, -0.15) is 9.78 Å². The second-order valence-corrected chi connectivity index (χ2v) is 8.89. The van der Waals surface area contributed by atoms with Crippen molar-refractivity contribution in [3.63, 3.8) is 0 Å². The van der Waals surface area contributed by atoms with Gasteiger partial charge < -0.3 is 5.32 Å². The number of hydrogen-bond acceptors (Lipinski definition) is 4. The topological polar surface area (TPSA) is 59.8 Å². The third-order valence-electron chi connectivity index (χ3n) is 5.62. The summed E-state index contributed by atoms with van der Waals surface area (Å²) in [6, 6.07) is 10.2. The number of amides is 1. The number of hydrogen-bond donors (Lipinski definition) is 1. The number of carbonyl (C=O) groups is 1. The number of nitrogens with zero attached hydrogens (tertiary/aromatic N) is 3. The van der Waals surface area contributed by atoms with Crippen molar-refractivity contribution in [3.05, 3.63) is 47.0 Å². The minimum Gasteiger partial charge on any atom is -0.311 e. The number of aromatic nitrogens is 3. The highest BCUT2D eigenvalue weighted by atomic mass is 32.1. The number of thiazole rings is 1. The third-order valence-corrected chi connectivity index (χ3v) is 6.44. The van der Waals surface area contributed by atoms with E-state index in [0.29, 0.717) is 18.2 Å². The molecule has 1 aliphatic carbocycles. The molecule has 1 fully saturated rings. The average molecular weight is 409 g/mol. The fourth-order valence-corrected chi connectivity index (χ4v) is 4.77. The van der Waals surface area contributed by atoms with Crippen LogP contribution in [0.15, 0.2) is 35.7 Å².